The summed E-state index contributed by atoms with van der Waals surface area (Å²) >= 11 is 0. The average molecular weight is 360 g/mol. The first-order valence-corrected chi connectivity index (χ1v) is 9.34. The number of nitrogens with zero attached hydrogens (tertiary/aromatic N) is 2. The van der Waals surface area contributed by atoms with E-state index in [0.717, 1.165) is 35.3 Å². The normalized spacial score (nSPS) is 12.6. The zero-order valence-corrected chi connectivity index (χ0v) is 16.2. The van der Waals surface area contributed by atoms with Crippen LogP contribution in [0.4, 0.5) is 5.69 Å². The van der Waals surface area contributed by atoms with Gasteiger partial charge in [-0.25, -0.2) is 9.97 Å². The highest BCUT2D eigenvalue weighted by atomic mass is 16.1. The van der Waals surface area contributed by atoms with Crippen molar-refractivity contribution in [3.8, 4) is 11.8 Å². The second-order valence-corrected chi connectivity index (χ2v) is 6.33. The standard InChI is InChI=1S/C20H18N4O.C2H6/c1-3-4-13-6-5-12(2)16(9-13)24-20(25)15-10-21-19-18(15)23-17(11-22-19)14-7-8-14;1-2/h5-6,9-11,14H,7-8H2,1-2H3,(H,21,22)(H,24,25);1-2H3. The lowest BCUT2D eigenvalue weighted by atomic mass is 10.1. The second-order valence-electron chi connectivity index (χ2n) is 6.33. The van der Waals surface area contributed by atoms with Gasteiger partial charge in [0.15, 0.2) is 5.65 Å². The molecule has 2 N–H and O–H groups in total. The Morgan fingerprint density at radius 2 is 2.07 bits per heavy atom. The Labute approximate surface area is 159 Å². The zero-order chi connectivity index (χ0) is 19.4. The van der Waals surface area contributed by atoms with Gasteiger partial charge >= 0.3 is 0 Å². The van der Waals surface area contributed by atoms with Crippen LogP contribution in [0, 0.1) is 18.8 Å². The highest BCUT2D eigenvalue weighted by Gasteiger charge is 2.26. The number of carbonyl (C=O) groups is 1. The van der Waals surface area contributed by atoms with Crippen LogP contribution in [0.1, 0.15) is 66.7 Å². The highest BCUT2D eigenvalue weighted by molar-refractivity contribution is 6.11. The summed E-state index contributed by atoms with van der Waals surface area (Å²) in [5, 5.41) is 2.97. The molecule has 3 aromatic rings. The molecule has 4 rings (SSSR count). The van der Waals surface area contributed by atoms with Crippen LogP contribution in [0.2, 0.25) is 0 Å². The molecule has 2 aromatic heterocycles. The van der Waals surface area contributed by atoms with E-state index in [1.165, 1.54) is 0 Å². The molecule has 0 saturated heterocycles. The third-order valence-electron chi connectivity index (χ3n) is 4.39. The molecule has 0 bridgehead atoms. The minimum absolute atomic E-state index is 0.196. The molecule has 1 fully saturated rings. The van der Waals surface area contributed by atoms with Gasteiger partial charge in [-0.15, -0.1) is 5.92 Å². The molecule has 1 amide bonds. The summed E-state index contributed by atoms with van der Waals surface area (Å²) in [6.07, 6.45) is 5.77. The van der Waals surface area contributed by atoms with Gasteiger partial charge in [0, 0.05) is 23.4 Å². The van der Waals surface area contributed by atoms with Gasteiger partial charge in [-0.05, 0) is 44.4 Å². The predicted octanol–water partition coefficient (Wildman–Crippen LogP) is 4.79. The molecule has 0 atom stereocenters. The van der Waals surface area contributed by atoms with E-state index in [2.05, 4.69) is 32.1 Å². The first-order chi connectivity index (χ1) is 13.2. The number of amides is 1. The van der Waals surface area contributed by atoms with Crippen LogP contribution in [-0.4, -0.2) is 20.9 Å². The fourth-order valence-corrected chi connectivity index (χ4v) is 2.82. The maximum absolute atomic E-state index is 12.8. The zero-order valence-electron chi connectivity index (χ0n) is 16.2. The van der Waals surface area contributed by atoms with Crippen molar-refractivity contribution in [3.63, 3.8) is 0 Å². The van der Waals surface area contributed by atoms with Crippen LogP contribution >= 0.6 is 0 Å². The summed E-state index contributed by atoms with van der Waals surface area (Å²) in [7, 11) is 0. The summed E-state index contributed by atoms with van der Waals surface area (Å²) in [6, 6.07) is 5.79. The lowest BCUT2D eigenvalue weighted by Crippen LogP contribution is -2.13. The van der Waals surface area contributed by atoms with Crippen LogP contribution in [0.15, 0.2) is 30.6 Å². The van der Waals surface area contributed by atoms with Crippen molar-refractivity contribution in [1.29, 1.82) is 0 Å². The molecule has 0 aliphatic heterocycles. The van der Waals surface area contributed by atoms with E-state index in [-0.39, 0.29) is 5.91 Å². The topological polar surface area (TPSA) is 70.7 Å². The fraction of sp³-hybridized carbons (Fsp3) is 0.318. The van der Waals surface area contributed by atoms with Crippen molar-refractivity contribution in [1.82, 2.24) is 15.0 Å². The number of carbonyl (C=O) groups excluding carboxylic acids is 1. The largest absolute Gasteiger partial charge is 0.344 e. The summed E-state index contributed by atoms with van der Waals surface area (Å²) in [5.41, 5.74) is 5.36. The molecule has 5 heteroatoms. The Morgan fingerprint density at radius 3 is 2.78 bits per heavy atom. The second kappa shape index (κ2) is 8.05. The molecule has 1 aliphatic rings. The van der Waals surface area contributed by atoms with Gasteiger partial charge in [-0.3, -0.25) is 4.79 Å². The summed E-state index contributed by atoms with van der Waals surface area (Å²) in [6.45, 7) is 7.75. The van der Waals surface area contributed by atoms with Gasteiger partial charge in [0.2, 0.25) is 0 Å². The van der Waals surface area contributed by atoms with Gasteiger partial charge in [0.1, 0.15) is 5.52 Å². The molecule has 138 valence electrons. The maximum Gasteiger partial charge on any atom is 0.259 e. The van der Waals surface area contributed by atoms with Gasteiger partial charge in [0.25, 0.3) is 5.91 Å². The van der Waals surface area contributed by atoms with E-state index in [4.69, 9.17) is 0 Å². The number of H-pyrrole nitrogens is 1. The van der Waals surface area contributed by atoms with Gasteiger partial charge in [0.05, 0.1) is 17.5 Å². The van der Waals surface area contributed by atoms with Crippen LogP contribution in [0.25, 0.3) is 11.2 Å². The van der Waals surface area contributed by atoms with Crippen molar-refractivity contribution in [2.24, 2.45) is 0 Å². The summed E-state index contributed by atoms with van der Waals surface area (Å²) in [5.74, 6) is 6.18. The summed E-state index contributed by atoms with van der Waals surface area (Å²) in [4.78, 5) is 24.8. The molecule has 1 aromatic carbocycles. The number of anilines is 1. The number of aromatic amines is 1. The molecule has 27 heavy (non-hydrogen) atoms. The smallest absolute Gasteiger partial charge is 0.259 e. The van der Waals surface area contributed by atoms with Crippen molar-refractivity contribution in [2.45, 2.75) is 46.5 Å². The lowest BCUT2D eigenvalue weighted by Gasteiger charge is -2.08. The lowest BCUT2D eigenvalue weighted by molar-refractivity contribution is 0.102. The minimum Gasteiger partial charge on any atom is -0.344 e. The molecule has 2 heterocycles. The fourth-order valence-electron chi connectivity index (χ4n) is 2.82. The van der Waals surface area contributed by atoms with E-state index >= 15 is 0 Å². The number of aromatic nitrogens is 3. The Morgan fingerprint density at radius 1 is 1.30 bits per heavy atom. The van der Waals surface area contributed by atoms with Crippen molar-refractivity contribution in [2.75, 3.05) is 5.32 Å². The van der Waals surface area contributed by atoms with E-state index in [0.29, 0.717) is 22.6 Å². The van der Waals surface area contributed by atoms with E-state index in [1.54, 1.807) is 19.3 Å². The van der Waals surface area contributed by atoms with Crippen LogP contribution in [0.3, 0.4) is 0 Å². The van der Waals surface area contributed by atoms with Gasteiger partial charge in [-0.1, -0.05) is 25.8 Å². The van der Waals surface area contributed by atoms with E-state index in [1.807, 2.05) is 39.0 Å². The Hall–Kier alpha value is -3.13. The number of aryl methyl sites for hydroxylation is 1. The molecule has 1 aliphatic carbocycles. The monoisotopic (exact) mass is 360 g/mol. The van der Waals surface area contributed by atoms with Crippen molar-refractivity contribution < 1.29 is 4.79 Å². The maximum atomic E-state index is 12.8. The van der Waals surface area contributed by atoms with Gasteiger partial charge in [-0.2, -0.15) is 0 Å². The number of rotatable bonds is 3. The number of benzene rings is 1. The van der Waals surface area contributed by atoms with Crippen molar-refractivity contribution >= 4 is 22.8 Å². The number of nitrogens with one attached hydrogen (secondary N) is 2. The van der Waals surface area contributed by atoms with E-state index < -0.39 is 0 Å². The first-order valence-electron chi connectivity index (χ1n) is 9.34. The van der Waals surface area contributed by atoms with Crippen LogP contribution in [-0.2, 0) is 0 Å². The number of hydrogen-bond acceptors (Lipinski definition) is 3. The Balaban J connectivity index is 0.00000102. The Kier molecular flexibility index (Phi) is 5.56. The molecular weight excluding hydrogens is 336 g/mol. The quantitative estimate of drug-likeness (QED) is 0.660. The molecule has 0 spiro atoms. The molecule has 1 saturated carbocycles. The van der Waals surface area contributed by atoms with Crippen LogP contribution < -0.4 is 5.32 Å². The van der Waals surface area contributed by atoms with Crippen LogP contribution in [0.5, 0.6) is 0 Å². The SMILES string of the molecule is CC.CC#Cc1ccc(C)c(NC(=O)c2c[nH]c3ncc(C4CC4)nc23)c1. The third-order valence-corrected chi connectivity index (χ3v) is 4.39. The number of hydrogen-bond donors (Lipinski definition) is 2. The predicted molar refractivity (Wildman–Crippen MR) is 109 cm³/mol. The Bertz CT molecular complexity index is 1040. The molecule has 0 radical (unpaired) electrons. The third kappa shape index (κ3) is 4.01. The molecular formula is C22H24N4O. The minimum atomic E-state index is -0.196. The number of fused-ring (bicyclic) bond motifs is 1. The van der Waals surface area contributed by atoms with E-state index in [9.17, 15) is 4.79 Å². The van der Waals surface area contributed by atoms with Gasteiger partial charge < -0.3 is 10.3 Å². The average Bonchev–Trinajstić information content (AvgIpc) is 3.45. The first kappa shape index (κ1) is 18.7. The molecule has 0 unspecified atom stereocenters. The summed E-state index contributed by atoms with van der Waals surface area (Å²) < 4.78 is 0. The molecule has 5 nitrogen and oxygen atoms in total. The van der Waals surface area contributed by atoms with Crippen molar-refractivity contribution in [3.05, 3.63) is 53.0 Å². The highest BCUT2D eigenvalue weighted by Crippen LogP contribution is 2.39.